The van der Waals surface area contributed by atoms with Crippen molar-refractivity contribution < 1.29 is 0 Å². The predicted molar refractivity (Wildman–Crippen MR) is 122 cm³/mol. The highest BCUT2D eigenvalue weighted by Gasteiger charge is 2.38. The van der Waals surface area contributed by atoms with Gasteiger partial charge in [0.05, 0.1) is 15.7 Å². The van der Waals surface area contributed by atoms with Crippen LogP contribution in [0.2, 0.25) is 0 Å². The summed E-state index contributed by atoms with van der Waals surface area (Å²) in [6.45, 7) is 0. The SMILES string of the molecule is CN(C)C1(c2ccccc2)CCC(Nc2ccc3ncsc3c2)CC1.Cl.Cl. The van der Waals surface area contributed by atoms with Gasteiger partial charge < -0.3 is 5.32 Å². The zero-order valence-electron chi connectivity index (χ0n) is 15.7. The molecule has 6 heteroatoms. The van der Waals surface area contributed by atoms with Gasteiger partial charge in [-0.2, -0.15) is 0 Å². The number of fused-ring (bicyclic) bond motifs is 1. The van der Waals surface area contributed by atoms with Crippen LogP contribution in [0.15, 0.2) is 54.0 Å². The molecule has 1 N–H and O–H groups in total. The zero-order valence-corrected chi connectivity index (χ0v) is 18.2. The van der Waals surface area contributed by atoms with Crippen LogP contribution in [-0.4, -0.2) is 30.0 Å². The summed E-state index contributed by atoms with van der Waals surface area (Å²) in [5.41, 5.74) is 5.85. The highest BCUT2D eigenvalue weighted by molar-refractivity contribution is 7.16. The summed E-state index contributed by atoms with van der Waals surface area (Å²) in [5.74, 6) is 0. The molecule has 1 fully saturated rings. The van der Waals surface area contributed by atoms with Crippen molar-refractivity contribution in [2.75, 3.05) is 19.4 Å². The van der Waals surface area contributed by atoms with Gasteiger partial charge in [-0.15, -0.1) is 36.2 Å². The molecule has 4 rings (SSSR count). The average molecular weight is 424 g/mol. The minimum absolute atomic E-state index is 0. The van der Waals surface area contributed by atoms with Gasteiger partial charge in [0.1, 0.15) is 0 Å². The Morgan fingerprint density at radius 1 is 1.04 bits per heavy atom. The first-order chi connectivity index (χ1) is 12.2. The minimum Gasteiger partial charge on any atom is -0.382 e. The first-order valence-electron chi connectivity index (χ1n) is 9.00. The molecule has 1 aliphatic carbocycles. The summed E-state index contributed by atoms with van der Waals surface area (Å²) in [6.07, 6.45) is 4.75. The number of thiazole rings is 1. The molecule has 0 saturated heterocycles. The van der Waals surface area contributed by atoms with Crippen LogP contribution in [0.5, 0.6) is 0 Å². The Labute approximate surface area is 178 Å². The van der Waals surface area contributed by atoms with Gasteiger partial charge in [-0.1, -0.05) is 30.3 Å². The number of hydrogen-bond acceptors (Lipinski definition) is 4. The Bertz CT molecular complexity index is 843. The Hall–Kier alpha value is -1.33. The summed E-state index contributed by atoms with van der Waals surface area (Å²) in [5, 5.41) is 3.75. The highest BCUT2D eigenvalue weighted by Crippen LogP contribution is 2.41. The average Bonchev–Trinajstić information content (AvgIpc) is 3.11. The fraction of sp³-hybridized carbons (Fsp3) is 0.381. The molecule has 146 valence electrons. The van der Waals surface area contributed by atoms with Gasteiger partial charge >= 0.3 is 0 Å². The number of hydrogen-bond donors (Lipinski definition) is 1. The predicted octanol–water partition coefficient (Wildman–Crippen LogP) is 5.95. The topological polar surface area (TPSA) is 28.2 Å². The van der Waals surface area contributed by atoms with Crippen LogP contribution < -0.4 is 5.32 Å². The molecule has 3 nitrogen and oxygen atoms in total. The van der Waals surface area contributed by atoms with Crippen molar-refractivity contribution in [1.82, 2.24) is 9.88 Å². The maximum Gasteiger partial charge on any atom is 0.0813 e. The van der Waals surface area contributed by atoms with Crippen LogP contribution in [0, 0.1) is 0 Å². The third-order valence-electron chi connectivity index (χ3n) is 5.68. The van der Waals surface area contributed by atoms with Crippen LogP contribution in [0.4, 0.5) is 5.69 Å². The van der Waals surface area contributed by atoms with Gasteiger partial charge in [-0.3, -0.25) is 4.90 Å². The van der Waals surface area contributed by atoms with Crippen LogP contribution in [0.3, 0.4) is 0 Å². The van der Waals surface area contributed by atoms with Crippen LogP contribution >= 0.6 is 36.2 Å². The fourth-order valence-electron chi connectivity index (χ4n) is 4.16. The number of rotatable bonds is 4. The van der Waals surface area contributed by atoms with Gasteiger partial charge in [-0.05, 0) is 63.5 Å². The maximum atomic E-state index is 4.36. The molecule has 3 aromatic rings. The maximum absolute atomic E-state index is 4.36. The summed E-state index contributed by atoms with van der Waals surface area (Å²) in [6, 6.07) is 18.1. The lowest BCUT2D eigenvalue weighted by atomic mass is 9.74. The minimum atomic E-state index is 0. The van der Waals surface area contributed by atoms with E-state index in [2.05, 4.69) is 77.8 Å². The van der Waals surface area contributed by atoms with E-state index in [0.29, 0.717) is 6.04 Å². The van der Waals surface area contributed by atoms with Crippen molar-refractivity contribution in [1.29, 1.82) is 0 Å². The molecule has 1 saturated carbocycles. The van der Waals surface area contributed by atoms with Crippen molar-refractivity contribution in [3.63, 3.8) is 0 Å². The second-order valence-electron chi connectivity index (χ2n) is 7.25. The lowest BCUT2D eigenvalue weighted by Gasteiger charge is -2.46. The Morgan fingerprint density at radius 3 is 2.41 bits per heavy atom. The van der Waals surface area contributed by atoms with Crippen molar-refractivity contribution in [2.45, 2.75) is 37.3 Å². The van der Waals surface area contributed by atoms with Crippen molar-refractivity contribution in [3.05, 3.63) is 59.6 Å². The Morgan fingerprint density at radius 2 is 1.74 bits per heavy atom. The van der Waals surface area contributed by atoms with Gasteiger partial charge in [0.25, 0.3) is 0 Å². The summed E-state index contributed by atoms with van der Waals surface area (Å²) in [4.78, 5) is 6.78. The Balaban J connectivity index is 0.00000131. The molecule has 1 aromatic heterocycles. The molecular weight excluding hydrogens is 397 g/mol. The quantitative estimate of drug-likeness (QED) is 0.561. The van der Waals surface area contributed by atoms with E-state index in [0.717, 1.165) is 5.52 Å². The molecule has 0 spiro atoms. The highest BCUT2D eigenvalue weighted by atomic mass is 35.5. The number of nitrogens with zero attached hydrogens (tertiary/aromatic N) is 2. The lowest BCUT2D eigenvalue weighted by molar-refractivity contribution is 0.0945. The van der Waals surface area contributed by atoms with E-state index in [9.17, 15) is 0 Å². The molecule has 0 aliphatic heterocycles. The number of nitrogens with one attached hydrogen (secondary N) is 1. The van der Waals surface area contributed by atoms with Crippen LogP contribution in [0.25, 0.3) is 10.2 Å². The second-order valence-corrected chi connectivity index (χ2v) is 8.13. The molecule has 0 radical (unpaired) electrons. The second kappa shape index (κ2) is 9.24. The van der Waals surface area contributed by atoms with Crippen molar-refractivity contribution in [3.8, 4) is 0 Å². The fourth-order valence-corrected chi connectivity index (χ4v) is 4.88. The van der Waals surface area contributed by atoms with Crippen LogP contribution in [0.1, 0.15) is 31.2 Å². The van der Waals surface area contributed by atoms with E-state index in [4.69, 9.17) is 0 Å². The van der Waals surface area contributed by atoms with Crippen molar-refractivity contribution >= 4 is 52.1 Å². The van der Waals surface area contributed by atoms with Gasteiger partial charge in [0, 0.05) is 17.3 Å². The molecule has 2 aromatic carbocycles. The van der Waals surface area contributed by atoms with Gasteiger partial charge in [0.15, 0.2) is 0 Å². The van der Waals surface area contributed by atoms with E-state index < -0.39 is 0 Å². The Kier molecular flexibility index (Phi) is 7.52. The number of aromatic nitrogens is 1. The number of benzene rings is 2. The van der Waals surface area contributed by atoms with Crippen LogP contribution in [-0.2, 0) is 5.54 Å². The smallest absolute Gasteiger partial charge is 0.0813 e. The third-order valence-corrected chi connectivity index (χ3v) is 6.47. The number of halogens is 2. The van der Waals surface area contributed by atoms with E-state index in [1.54, 1.807) is 11.3 Å². The molecule has 27 heavy (non-hydrogen) atoms. The molecule has 1 heterocycles. The normalized spacial score (nSPS) is 22.1. The van der Waals surface area contributed by atoms with Crippen molar-refractivity contribution in [2.24, 2.45) is 0 Å². The first-order valence-corrected chi connectivity index (χ1v) is 9.88. The molecule has 0 bridgehead atoms. The van der Waals surface area contributed by atoms with E-state index in [-0.39, 0.29) is 30.4 Å². The van der Waals surface area contributed by atoms with E-state index in [1.165, 1.54) is 41.6 Å². The summed E-state index contributed by atoms with van der Waals surface area (Å²) < 4.78 is 1.26. The monoisotopic (exact) mass is 423 g/mol. The van der Waals surface area contributed by atoms with E-state index >= 15 is 0 Å². The summed E-state index contributed by atoms with van der Waals surface area (Å²) >= 11 is 1.71. The van der Waals surface area contributed by atoms with E-state index in [1.807, 2.05) is 5.51 Å². The summed E-state index contributed by atoms with van der Waals surface area (Å²) in [7, 11) is 4.44. The standard InChI is InChI=1S/C21H25N3S.2ClH/c1-24(2)21(16-6-4-3-5-7-16)12-10-17(11-13-21)23-18-8-9-19-20(14-18)25-15-22-19;;/h3-9,14-15,17,23H,10-13H2,1-2H3;2*1H. The largest absolute Gasteiger partial charge is 0.382 e. The van der Waals surface area contributed by atoms with Gasteiger partial charge in [-0.25, -0.2) is 4.98 Å². The number of anilines is 1. The molecule has 1 aliphatic rings. The zero-order chi connectivity index (χ0) is 17.3. The third kappa shape index (κ3) is 4.40. The molecule has 0 amide bonds. The first kappa shape index (κ1) is 22.0. The molecule has 0 unspecified atom stereocenters. The lowest BCUT2D eigenvalue weighted by Crippen LogP contribution is -2.46. The molecular formula is C21H27Cl2N3S. The van der Waals surface area contributed by atoms with Gasteiger partial charge in [0.2, 0.25) is 0 Å². The molecule has 0 atom stereocenters.